The largest absolute Gasteiger partial charge is 0.508 e. The van der Waals surface area contributed by atoms with Crippen LogP contribution < -0.4 is 4.74 Å². The third-order valence-electron chi connectivity index (χ3n) is 4.85. The Morgan fingerprint density at radius 3 is 2.36 bits per heavy atom. The maximum atomic E-state index is 12.3. The summed E-state index contributed by atoms with van der Waals surface area (Å²) in [5, 5.41) is 19.6. The van der Waals surface area contributed by atoms with Crippen molar-refractivity contribution < 1.29 is 19.7 Å². The van der Waals surface area contributed by atoms with E-state index in [1.807, 2.05) is 39.8 Å². The smallest absolute Gasteiger partial charge is 0.314 e. The molecule has 1 atom stereocenters. The van der Waals surface area contributed by atoms with Gasteiger partial charge >= 0.3 is 5.97 Å². The summed E-state index contributed by atoms with van der Waals surface area (Å²) in [4.78, 5) is 12.3. The number of hydrogen-bond acceptors (Lipinski definition) is 4. The molecule has 2 N–H and O–H groups in total. The van der Waals surface area contributed by atoms with Crippen molar-refractivity contribution in [1.29, 1.82) is 0 Å². The quantitative estimate of drug-likeness (QED) is 0.367. The maximum Gasteiger partial charge on any atom is 0.314 e. The maximum absolute atomic E-state index is 12.3. The molecule has 1 unspecified atom stereocenters. The molecule has 4 nitrogen and oxygen atoms in total. The van der Waals surface area contributed by atoms with Crippen LogP contribution in [0.5, 0.6) is 17.2 Å². The second-order valence-corrected chi connectivity index (χ2v) is 7.46. The van der Waals surface area contributed by atoms with Crippen molar-refractivity contribution in [3.63, 3.8) is 0 Å². The fourth-order valence-corrected chi connectivity index (χ4v) is 2.86. The number of carbonyl (C=O) groups excluding carboxylic acids is 1. The van der Waals surface area contributed by atoms with Crippen molar-refractivity contribution in [2.75, 3.05) is 0 Å². The van der Waals surface area contributed by atoms with Crippen LogP contribution in [0, 0.1) is 5.92 Å². The molecular formula is C24H30O4. The predicted octanol–water partition coefficient (Wildman–Crippen LogP) is 5.34. The molecule has 28 heavy (non-hydrogen) atoms. The van der Waals surface area contributed by atoms with Crippen LogP contribution in [0.15, 0.2) is 48.0 Å². The summed E-state index contributed by atoms with van der Waals surface area (Å²) >= 11 is 0. The molecule has 0 saturated carbocycles. The van der Waals surface area contributed by atoms with Gasteiger partial charge in [-0.15, -0.1) is 0 Å². The molecule has 2 aromatic carbocycles. The zero-order valence-corrected chi connectivity index (χ0v) is 17.2. The fourth-order valence-electron chi connectivity index (χ4n) is 2.86. The van der Waals surface area contributed by atoms with Crippen LogP contribution in [0.25, 0.3) is 0 Å². The van der Waals surface area contributed by atoms with Crippen LogP contribution in [-0.2, 0) is 24.1 Å². The number of allylic oxidation sites excluding steroid dienone is 2. The SMILES string of the molecule is CCC(C)C(=O)Oc1cc(O)cc(CCc2ccc(O)cc2)c1CC=C(C)C. The first kappa shape index (κ1) is 21.5. The van der Waals surface area contributed by atoms with E-state index in [-0.39, 0.29) is 23.4 Å². The van der Waals surface area contributed by atoms with Crippen LogP contribution in [-0.4, -0.2) is 16.2 Å². The standard InChI is InChI=1S/C24H30O4/c1-5-17(4)24(27)28-23-15-21(26)14-19(22(23)13-6-16(2)3)10-7-18-8-11-20(25)12-9-18/h6,8-9,11-12,14-15,17,25-26H,5,7,10,13H2,1-4H3. The molecule has 0 saturated heterocycles. The number of aromatic hydroxyl groups is 2. The van der Waals surface area contributed by atoms with Gasteiger partial charge in [0, 0.05) is 11.6 Å². The number of hydrogen-bond donors (Lipinski definition) is 2. The number of benzene rings is 2. The Labute approximate surface area is 167 Å². The van der Waals surface area contributed by atoms with E-state index in [1.54, 1.807) is 18.2 Å². The molecule has 0 heterocycles. The first-order chi connectivity index (χ1) is 13.3. The zero-order valence-electron chi connectivity index (χ0n) is 17.2. The van der Waals surface area contributed by atoms with Gasteiger partial charge in [0.25, 0.3) is 0 Å². The van der Waals surface area contributed by atoms with E-state index in [4.69, 9.17) is 4.74 Å². The summed E-state index contributed by atoms with van der Waals surface area (Å²) in [5.41, 5.74) is 4.15. The number of phenolic OH excluding ortho intramolecular Hbond substituents is 2. The van der Waals surface area contributed by atoms with Crippen LogP contribution in [0.2, 0.25) is 0 Å². The van der Waals surface area contributed by atoms with Gasteiger partial charge in [0.15, 0.2) is 0 Å². The molecule has 0 aliphatic heterocycles. The summed E-state index contributed by atoms with van der Waals surface area (Å²) in [7, 11) is 0. The molecule has 150 valence electrons. The minimum absolute atomic E-state index is 0.0913. The number of ether oxygens (including phenoxy) is 1. The Morgan fingerprint density at radius 2 is 1.75 bits per heavy atom. The fraction of sp³-hybridized carbons (Fsp3) is 0.375. The predicted molar refractivity (Wildman–Crippen MR) is 112 cm³/mol. The molecule has 0 amide bonds. The van der Waals surface area contributed by atoms with Crippen molar-refractivity contribution in [3.05, 3.63) is 64.7 Å². The highest BCUT2D eigenvalue weighted by Crippen LogP contribution is 2.31. The van der Waals surface area contributed by atoms with Gasteiger partial charge in [-0.3, -0.25) is 4.79 Å². The lowest BCUT2D eigenvalue weighted by Gasteiger charge is -2.17. The van der Waals surface area contributed by atoms with Crippen LogP contribution in [0.3, 0.4) is 0 Å². The Bertz CT molecular complexity index is 830. The summed E-state index contributed by atoms with van der Waals surface area (Å²) in [6.45, 7) is 7.84. The van der Waals surface area contributed by atoms with Crippen LogP contribution in [0.1, 0.15) is 50.8 Å². The number of aryl methyl sites for hydroxylation is 2. The topological polar surface area (TPSA) is 66.8 Å². The van der Waals surface area contributed by atoms with Gasteiger partial charge in [0.1, 0.15) is 17.2 Å². The lowest BCUT2D eigenvalue weighted by molar-refractivity contribution is -0.138. The molecule has 4 heteroatoms. The molecule has 0 fully saturated rings. The molecule has 0 aliphatic rings. The normalized spacial score (nSPS) is 11.7. The number of phenols is 2. The molecule has 0 spiro atoms. The lowest BCUT2D eigenvalue weighted by atomic mass is 9.96. The van der Waals surface area contributed by atoms with Gasteiger partial charge in [0.2, 0.25) is 0 Å². The molecular weight excluding hydrogens is 352 g/mol. The van der Waals surface area contributed by atoms with E-state index in [0.29, 0.717) is 25.0 Å². The van der Waals surface area contributed by atoms with E-state index < -0.39 is 0 Å². The van der Waals surface area contributed by atoms with Crippen molar-refractivity contribution in [2.45, 2.75) is 53.4 Å². The zero-order chi connectivity index (χ0) is 20.7. The second-order valence-electron chi connectivity index (χ2n) is 7.46. The molecule has 0 aromatic heterocycles. The van der Waals surface area contributed by atoms with Gasteiger partial charge in [-0.1, -0.05) is 37.6 Å². The minimum atomic E-state index is -0.281. The van der Waals surface area contributed by atoms with Crippen molar-refractivity contribution in [3.8, 4) is 17.2 Å². The first-order valence-corrected chi connectivity index (χ1v) is 9.77. The van der Waals surface area contributed by atoms with Gasteiger partial charge in [-0.25, -0.2) is 0 Å². The average Bonchev–Trinajstić information content (AvgIpc) is 2.65. The Hall–Kier alpha value is -2.75. The van der Waals surface area contributed by atoms with Crippen molar-refractivity contribution in [1.82, 2.24) is 0 Å². The Morgan fingerprint density at radius 1 is 1.07 bits per heavy atom. The van der Waals surface area contributed by atoms with E-state index >= 15 is 0 Å². The summed E-state index contributed by atoms with van der Waals surface area (Å²) in [6, 6.07) is 10.4. The van der Waals surface area contributed by atoms with E-state index in [9.17, 15) is 15.0 Å². The van der Waals surface area contributed by atoms with Gasteiger partial charge in [-0.2, -0.15) is 0 Å². The van der Waals surface area contributed by atoms with Gasteiger partial charge in [-0.05, 0) is 68.9 Å². The van der Waals surface area contributed by atoms with Gasteiger partial charge in [0.05, 0.1) is 5.92 Å². The van der Waals surface area contributed by atoms with Crippen LogP contribution >= 0.6 is 0 Å². The third-order valence-corrected chi connectivity index (χ3v) is 4.85. The van der Waals surface area contributed by atoms with E-state index in [0.717, 1.165) is 23.1 Å². The van der Waals surface area contributed by atoms with Crippen LogP contribution in [0.4, 0.5) is 0 Å². The molecule has 0 bridgehead atoms. The Kier molecular flexibility index (Phi) is 7.68. The van der Waals surface area contributed by atoms with E-state index in [2.05, 4.69) is 6.08 Å². The van der Waals surface area contributed by atoms with Gasteiger partial charge < -0.3 is 14.9 Å². The highest BCUT2D eigenvalue weighted by Gasteiger charge is 2.18. The van der Waals surface area contributed by atoms with E-state index in [1.165, 1.54) is 11.6 Å². The third kappa shape index (κ3) is 6.15. The monoisotopic (exact) mass is 382 g/mol. The highest BCUT2D eigenvalue weighted by atomic mass is 16.5. The first-order valence-electron chi connectivity index (χ1n) is 9.77. The summed E-state index contributed by atoms with van der Waals surface area (Å²) in [5.74, 6) is 0.289. The Balaban J connectivity index is 2.34. The lowest BCUT2D eigenvalue weighted by Crippen LogP contribution is -2.18. The van der Waals surface area contributed by atoms with Crippen molar-refractivity contribution in [2.24, 2.45) is 5.92 Å². The summed E-state index contributed by atoms with van der Waals surface area (Å²) < 4.78 is 5.66. The second kappa shape index (κ2) is 9.98. The number of esters is 1. The minimum Gasteiger partial charge on any atom is -0.508 e. The van der Waals surface area contributed by atoms with Crippen molar-refractivity contribution >= 4 is 5.97 Å². The molecule has 0 radical (unpaired) electrons. The average molecular weight is 383 g/mol. The number of rotatable bonds is 8. The number of carbonyl (C=O) groups is 1. The highest BCUT2D eigenvalue weighted by molar-refractivity contribution is 5.75. The molecule has 2 aromatic rings. The molecule has 2 rings (SSSR count). The molecule has 0 aliphatic carbocycles. The summed E-state index contributed by atoms with van der Waals surface area (Å²) in [6.07, 6.45) is 4.88.